The molecule has 4 heteroatoms. The third-order valence-electron chi connectivity index (χ3n) is 2.88. The van der Waals surface area contributed by atoms with Crippen molar-refractivity contribution in [1.82, 2.24) is 0 Å². The maximum absolute atomic E-state index is 10.7. The second-order valence-corrected chi connectivity index (χ2v) is 4.54. The molecule has 0 unspecified atom stereocenters. The van der Waals surface area contributed by atoms with Crippen molar-refractivity contribution >= 4 is 5.91 Å². The molecule has 1 aliphatic rings. The number of unbranched alkanes of at least 4 members (excludes halogenated alkanes) is 1. The van der Waals surface area contributed by atoms with Gasteiger partial charge in [0.1, 0.15) is 6.10 Å². The van der Waals surface area contributed by atoms with Crippen molar-refractivity contribution in [2.24, 2.45) is 5.73 Å². The van der Waals surface area contributed by atoms with Gasteiger partial charge in [0.15, 0.2) is 6.10 Å². The van der Waals surface area contributed by atoms with E-state index >= 15 is 0 Å². The van der Waals surface area contributed by atoms with Crippen LogP contribution >= 0.6 is 0 Å². The lowest BCUT2D eigenvalue weighted by Gasteiger charge is -2.03. The first-order chi connectivity index (χ1) is 8.66. The van der Waals surface area contributed by atoms with Crippen LogP contribution in [-0.2, 0) is 9.53 Å². The Hall–Kier alpha value is -1.13. The van der Waals surface area contributed by atoms with Crippen molar-refractivity contribution in [2.75, 3.05) is 0 Å². The molecule has 0 aromatic carbocycles. The summed E-state index contributed by atoms with van der Waals surface area (Å²) in [5, 5.41) is 9.70. The third-order valence-corrected chi connectivity index (χ3v) is 2.88. The van der Waals surface area contributed by atoms with Crippen molar-refractivity contribution in [3.05, 3.63) is 24.3 Å². The molecule has 3 atom stereocenters. The molecule has 1 rings (SSSR count). The van der Waals surface area contributed by atoms with Gasteiger partial charge in [-0.2, -0.15) is 0 Å². The highest BCUT2D eigenvalue weighted by molar-refractivity contribution is 5.81. The summed E-state index contributed by atoms with van der Waals surface area (Å²) in [4.78, 5) is 10.7. The van der Waals surface area contributed by atoms with E-state index in [-0.39, 0.29) is 6.10 Å². The summed E-state index contributed by atoms with van der Waals surface area (Å²) < 4.78 is 5.00. The Balaban J connectivity index is 2.04. The highest BCUT2D eigenvalue weighted by atomic mass is 16.6. The number of amides is 1. The molecule has 3 N–H and O–H groups in total. The first kappa shape index (κ1) is 14.9. The number of rotatable bonds is 9. The Morgan fingerprint density at radius 2 is 2.00 bits per heavy atom. The third kappa shape index (κ3) is 5.47. The monoisotopic (exact) mass is 253 g/mol. The highest BCUT2D eigenvalue weighted by Crippen LogP contribution is 2.27. The van der Waals surface area contributed by atoms with Crippen LogP contribution in [0.2, 0.25) is 0 Å². The van der Waals surface area contributed by atoms with Gasteiger partial charge >= 0.3 is 0 Å². The molecule has 1 amide bonds. The number of aliphatic hydroxyl groups is 1. The van der Waals surface area contributed by atoms with Gasteiger partial charge in [0.2, 0.25) is 5.91 Å². The van der Waals surface area contributed by atoms with E-state index in [0.29, 0.717) is 6.42 Å². The molecule has 0 bridgehead atoms. The molecule has 0 aromatic rings. The van der Waals surface area contributed by atoms with Crippen LogP contribution in [0.3, 0.4) is 0 Å². The zero-order valence-electron chi connectivity index (χ0n) is 10.9. The van der Waals surface area contributed by atoms with Gasteiger partial charge in [-0.05, 0) is 25.7 Å². The van der Waals surface area contributed by atoms with E-state index in [1.165, 1.54) is 6.42 Å². The number of ether oxygens (including phenoxy) is 1. The number of allylic oxidation sites excluding steroid dienone is 4. The molecule has 18 heavy (non-hydrogen) atoms. The highest BCUT2D eigenvalue weighted by Gasteiger charge is 2.47. The van der Waals surface area contributed by atoms with Crippen molar-refractivity contribution in [3.8, 4) is 0 Å². The molecule has 0 saturated carbocycles. The number of hydrogen-bond acceptors (Lipinski definition) is 3. The summed E-state index contributed by atoms with van der Waals surface area (Å²) in [5.41, 5.74) is 5.06. The second-order valence-electron chi connectivity index (χ2n) is 4.54. The van der Waals surface area contributed by atoms with E-state index in [9.17, 15) is 9.90 Å². The van der Waals surface area contributed by atoms with Crippen LogP contribution in [-0.4, -0.2) is 29.3 Å². The number of hydrogen-bond donors (Lipinski definition) is 2. The minimum absolute atomic E-state index is 0.389. The Bertz CT molecular complexity index is 312. The molecule has 0 radical (unpaired) electrons. The summed E-state index contributed by atoms with van der Waals surface area (Å²) in [6.45, 7) is 2.15. The molecule has 0 spiro atoms. The lowest BCUT2D eigenvalue weighted by atomic mass is 10.1. The van der Waals surface area contributed by atoms with E-state index < -0.39 is 18.1 Å². The van der Waals surface area contributed by atoms with Crippen molar-refractivity contribution in [3.63, 3.8) is 0 Å². The number of carbonyl (C=O) groups excluding carboxylic acids is 1. The maximum Gasteiger partial charge on any atom is 0.249 e. The van der Waals surface area contributed by atoms with E-state index in [0.717, 1.165) is 19.3 Å². The van der Waals surface area contributed by atoms with Gasteiger partial charge in [0, 0.05) is 0 Å². The van der Waals surface area contributed by atoms with Crippen LogP contribution < -0.4 is 5.73 Å². The minimum Gasteiger partial charge on any atom is -0.390 e. The molecule has 0 aromatic heterocycles. The van der Waals surface area contributed by atoms with Gasteiger partial charge in [0.05, 0.1) is 6.10 Å². The standard InChI is InChI=1S/C14H23NO3/c1-2-3-4-5-6-7-8-9-10-11(16)12-13(18-12)14(15)17/h4-5,7-8,11-13,16H,2-3,6,9-10H2,1H3,(H2,15,17)/b5-4+,8-7+/t11-,12-,13-/m1/s1. The average Bonchev–Trinajstić information content (AvgIpc) is 3.12. The molecule has 1 saturated heterocycles. The van der Waals surface area contributed by atoms with Crippen molar-refractivity contribution in [1.29, 1.82) is 0 Å². The zero-order valence-corrected chi connectivity index (χ0v) is 10.9. The summed E-state index contributed by atoms with van der Waals surface area (Å²) in [7, 11) is 0. The Kier molecular flexibility index (Phi) is 6.68. The average molecular weight is 253 g/mol. The number of aliphatic hydroxyl groups excluding tert-OH is 1. The van der Waals surface area contributed by atoms with Crippen LogP contribution in [0, 0.1) is 0 Å². The van der Waals surface area contributed by atoms with Crippen LogP contribution in [0.1, 0.15) is 39.0 Å². The molecular weight excluding hydrogens is 230 g/mol. The van der Waals surface area contributed by atoms with Crippen molar-refractivity contribution < 1.29 is 14.6 Å². The summed E-state index contributed by atoms with van der Waals surface area (Å²) in [5.74, 6) is -0.490. The lowest BCUT2D eigenvalue weighted by molar-refractivity contribution is -0.119. The molecule has 4 nitrogen and oxygen atoms in total. The Morgan fingerprint density at radius 1 is 1.33 bits per heavy atom. The largest absolute Gasteiger partial charge is 0.390 e. The van der Waals surface area contributed by atoms with E-state index in [1.807, 2.05) is 6.08 Å². The van der Waals surface area contributed by atoms with Crippen molar-refractivity contribution in [2.45, 2.75) is 57.3 Å². The fraction of sp³-hybridized carbons (Fsp3) is 0.643. The minimum atomic E-state index is -0.595. The normalized spacial score (nSPS) is 24.8. The molecule has 1 aliphatic heterocycles. The maximum atomic E-state index is 10.7. The first-order valence-electron chi connectivity index (χ1n) is 6.59. The van der Waals surface area contributed by atoms with Gasteiger partial charge in [0.25, 0.3) is 0 Å². The Morgan fingerprint density at radius 3 is 2.56 bits per heavy atom. The Labute approximate surface area is 109 Å². The van der Waals surface area contributed by atoms with E-state index in [1.54, 1.807) is 0 Å². The second kappa shape index (κ2) is 8.06. The summed E-state index contributed by atoms with van der Waals surface area (Å²) in [6.07, 6.45) is 11.5. The fourth-order valence-electron chi connectivity index (χ4n) is 1.75. The number of nitrogens with two attached hydrogens (primary N) is 1. The van der Waals surface area contributed by atoms with Crippen LogP contribution in [0.5, 0.6) is 0 Å². The molecule has 0 aliphatic carbocycles. The topological polar surface area (TPSA) is 75.8 Å². The van der Waals surface area contributed by atoms with Gasteiger partial charge < -0.3 is 15.6 Å². The number of epoxide rings is 1. The quantitative estimate of drug-likeness (QED) is 0.485. The van der Waals surface area contributed by atoms with Crippen LogP contribution in [0.4, 0.5) is 0 Å². The zero-order chi connectivity index (χ0) is 13.4. The van der Waals surface area contributed by atoms with Gasteiger partial charge in [-0.25, -0.2) is 0 Å². The van der Waals surface area contributed by atoms with Gasteiger partial charge in [-0.15, -0.1) is 0 Å². The van der Waals surface area contributed by atoms with Gasteiger partial charge in [-0.3, -0.25) is 4.79 Å². The molecule has 1 heterocycles. The smallest absolute Gasteiger partial charge is 0.249 e. The van der Waals surface area contributed by atoms with Crippen LogP contribution in [0.15, 0.2) is 24.3 Å². The van der Waals surface area contributed by atoms with Gasteiger partial charge in [-0.1, -0.05) is 37.6 Å². The van der Waals surface area contributed by atoms with E-state index in [4.69, 9.17) is 10.5 Å². The summed E-state index contributed by atoms with van der Waals surface area (Å²) in [6, 6.07) is 0. The van der Waals surface area contributed by atoms with Crippen LogP contribution in [0.25, 0.3) is 0 Å². The predicted molar refractivity (Wildman–Crippen MR) is 70.9 cm³/mol. The summed E-state index contributed by atoms with van der Waals surface area (Å²) >= 11 is 0. The predicted octanol–water partition coefficient (Wildman–Crippen LogP) is 1.68. The fourth-order valence-corrected chi connectivity index (χ4v) is 1.75. The molecular formula is C14H23NO3. The number of primary amides is 1. The molecule has 102 valence electrons. The number of carbonyl (C=O) groups is 1. The first-order valence-corrected chi connectivity index (χ1v) is 6.59. The van der Waals surface area contributed by atoms with E-state index in [2.05, 4.69) is 25.2 Å². The molecule has 1 fully saturated rings. The SMILES string of the molecule is CCC/C=C/C/C=C/CC[C@@H](O)[C@H]1O[C@H]1C(N)=O. The lowest BCUT2D eigenvalue weighted by Crippen LogP contribution is -2.25.